The minimum absolute atomic E-state index is 0.145. The largest absolute Gasteiger partial charge is 0.489 e. The summed E-state index contributed by atoms with van der Waals surface area (Å²) in [6.45, 7) is 0.157. The number of rotatable bonds is 3. The molecular formula is C18H22N4O3. The molecule has 0 radical (unpaired) electrons. The van der Waals surface area contributed by atoms with Gasteiger partial charge in [0.2, 0.25) is 5.91 Å². The molecule has 132 valence electrons. The average molecular weight is 342 g/mol. The Morgan fingerprint density at radius 3 is 3.04 bits per heavy atom. The number of ether oxygens (including phenoxy) is 1. The molecule has 4 rings (SSSR count). The van der Waals surface area contributed by atoms with E-state index in [9.17, 15) is 9.90 Å². The van der Waals surface area contributed by atoms with Gasteiger partial charge < -0.3 is 14.7 Å². The van der Waals surface area contributed by atoms with Crippen molar-refractivity contribution in [1.29, 1.82) is 0 Å². The Bertz CT molecular complexity index is 788. The molecule has 2 atom stereocenters. The fourth-order valence-corrected chi connectivity index (χ4v) is 3.57. The summed E-state index contributed by atoms with van der Waals surface area (Å²) in [6, 6.07) is 6.77. The number of para-hydroxylation sites is 2. The second-order valence-electron chi connectivity index (χ2n) is 6.57. The number of aromatic amines is 1. The molecule has 1 unspecified atom stereocenters. The second kappa shape index (κ2) is 6.50. The van der Waals surface area contributed by atoms with E-state index < -0.39 is 12.3 Å². The van der Waals surface area contributed by atoms with Gasteiger partial charge in [0.05, 0.1) is 5.69 Å². The van der Waals surface area contributed by atoms with E-state index in [1.165, 1.54) is 0 Å². The molecule has 1 aliphatic carbocycles. The smallest absolute Gasteiger partial charge is 0.247 e. The van der Waals surface area contributed by atoms with E-state index in [2.05, 4.69) is 15.5 Å². The zero-order chi connectivity index (χ0) is 17.4. The van der Waals surface area contributed by atoms with Crippen LogP contribution in [0, 0.1) is 0 Å². The summed E-state index contributed by atoms with van der Waals surface area (Å²) in [5, 5.41) is 20.9. The number of aromatic nitrogens is 2. The quantitative estimate of drug-likeness (QED) is 0.732. The SMILES string of the molecule is CN1C(=O)[C@@H](NC(O)c2n[nH]c3c2CCCC3)COc2ccccc21. The zero-order valence-corrected chi connectivity index (χ0v) is 14.2. The van der Waals surface area contributed by atoms with Crippen LogP contribution in [0.1, 0.15) is 36.0 Å². The van der Waals surface area contributed by atoms with Crippen LogP contribution in [-0.4, -0.2) is 40.9 Å². The number of aliphatic hydroxyl groups is 1. The lowest BCUT2D eigenvalue weighted by Gasteiger charge is -2.23. The number of aliphatic hydroxyl groups excluding tert-OH is 1. The number of anilines is 1. The van der Waals surface area contributed by atoms with Crippen LogP contribution in [-0.2, 0) is 17.6 Å². The lowest BCUT2D eigenvalue weighted by Crippen LogP contribution is -2.48. The lowest BCUT2D eigenvalue weighted by atomic mass is 9.95. The Morgan fingerprint density at radius 1 is 1.36 bits per heavy atom. The highest BCUT2D eigenvalue weighted by atomic mass is 16.5. The third-order valence-electron chi connectivity index (χ3n) is 4.97. The third-order valence-corrected chi connectivity index (χ3v) is 4.97. The minimum Gasteiger partial charge on any atom is -0.489 e. The highest BCUT2D eigenvalue weighted by Gasteiger charge is 2.32. The Morgan fingerprint density at radius 2 is 2.16 bits per heavy atom. The Hall–Kier alpha value is -2.38. The van der Waals surface area contributed by atoms with Gasteiger partial charge >= 0.3 is 0 Å². The Balaban J connectivity index is 1.53. The van der Waals surface area contributed by atoms with Gasteiger partial charge in [-0.2, -0.15) is 5.10 Å². The minimum atomic E-state index is -1.01. The van der Waals surface area contributed by atoms with Gasteiger partial charge in [0, 0.05) is 18.3 Å². The number of nitrogens with zero attached hydrogens (tertiary/aromatic N) is 2. The van der Waals surface area contributed by atoms with Crippen molar-refractivity contribution < 1.29 is 14.6 Å². The van der Waals surface area contributed by atoms with Crippen molar-refractivity contribution in [2.24, 2.45) is 0 Å². The fourth-order valence-electron chi connectivity index (χ4n) is 3.57. The number of carbonyl (C=O) groups excluding carboxylic acids is 1. The highest BCUT2D eigenvalue weighted by molar-refractivity contribution is 5.98. The molecule has 0 bridgehead atoms. The number of likely N-dealkylation sites (N-methyl/N-ethyl adjacent to an activating group) is 1. The lowest BCUT2D eigenvalue weighted by molar-refractivity contribution is -0.121. The fraction of sp³-hybridized carbons (Fsp3) is 0.444. The molecule has 1 amide bonds. The van der Waals surface area contributed by atoms with Gasteiger partial charge in [-0.15, -0.1) is 0 Å². The van der Waals surface area contributed by atoms with Gasteiger partial charge in [0.15, 0.2) is 6.23 Å². The van der Waals surface area contributed by atoms with Crippen LogP contribution in [0.3, 0.4) is 0 Å². The molecule has 1 aromatic carbocycles. The molecule has 2 aromatic rings. The number of benzene rings is 1. The first kappa shape index (κ1) is 16.1. The van der Waals surface area contributed by atoms with Gasteiger partial charge in [-0.25, -0.2) is 0 Å². The van der Waals surface area contributed by atoms with Crippen LogP contribution in [0.15, 0.2) is 24.3 Å². The van der Waals surface area contributed by atoms with Gasteiger partial charge in [-0.3, -0.25) is 15.2 Å². The first-order valence-electron chi connectivity index (χ1n) is 8.64. The molecule has 0 saturated carbocycles. The first-order valence-corrected chi connectivity index (χ1v) is 8.64. The van der Waals surface area contributed by atoms with Crippen molar-refractivity contribution in [3.8, 4) is 5.75 Å². The topological polar surface area (TPSA) is 90.5 Å². The van der Waals surface area contributed by atoms with Crippen molar-refractivity contribution in [3.63, 3.8) is 0 Å². The van der Waals surface area contributed by atoms with E-state index in [1.807, 2.05) is 24.3 Å². The van der Waals surface area contributed by atoms with Crippen molar-refractivity contribution in [1.82, 2.24) is 15.5 Å². The summed E-state index contributed by atoms with van der Waals surface area (Å²) < 4.78 is 5.77. The van der Waals surface area contributed by atoms with Crippen LogP contribution in [0.2, 0.25) is 0 Å². The number of H-pyrrole nitrogens is 1. The number of hydrogen-bond acceptors (Lipinski definition) is 5. The average Bonchev–Trinajstić information content (AvgIpc) is 3.03. The van der Waals surface area contributed by atoms with E-state index in [0.29, 0.717) is 11.4 Å². The molecule has 1 aromatic heterocycles. The van der Waals surface area contributed by atoms with E-state index in [-0.39, 0.29) is 12.5 Å². The number of aryl methyl sites for hydroxylation is 1. The van der Waals surface area contributed by atoms with Crippen LogP contribution < -0.4 is 15.0 Å². The molecule has 25 heavy (non-hydrogen) atoms. The molecule has 0 fully saturated rings. The van der Waals surface area contributed by atoms with Crippen molar-refractivity contribution in [2.45, 2.75) is 38.0 Å². The molecule has 0 saturated heterocycles. The van der Waals surface area contributed by atoms with E-state index in [4.69, 9.17) is 4.74 Å². The van der Waals surface area contributed by atoms with E-state index in [0.717, 1.165) is 42.6 Å². The van der Waals surface area contributed by atoms with Crippen molar-refractivity contribution >= 4 is 11.6 Å². The van der Waals surface area contributed by atoms with Crippen molar-refractivity contribution in [3.05, 3.63) is 41.2 Å². The molecule has 3 N–H and O–H groups in total. The maximum atomic E-state index is 12.7. The van der Waals surface area contributed by atoms with E-state index in [1.54, 1.807) is 11.9 Å². The molecular weight excluding hydrogens is 320 g/mol. The van der Waals surface area contributed by atoms with Crippen LogP contribution in [0.5, 0.6) is 5.75 Å². The monoisotopic (exact) mass is 342 g/mol. The second-order valence-corrected chi connectivity index (χ2v) is 6.57. The summed E-state index contributed by atoms with van der Waals surface area (Å²) in [7, 11) is 1.72. The van der Waals surface area contributed by atoms with Crippen LogP contribution >= 0.6 is 0 Å². The number of fused-ring (bicyclic) bond motifs is 2. The van der Waals surface area contributed by atoms with E-state index >= 15 is 0 Å². The van der Waals surface area contributed by atoms with Crippen molar-refractivity contribution in [2.75, 3.05) is 18.6 Å². The Labute approximate surface area is 146 Å². The predicted octanol–water partition coefficient (Wildman–Crippen LogP) is 1.29. The van der Waals surface area contributed by atoms with Crippen LogP contribution in [0.25, 0.3) is 0 Å². The number of hydrogen-bond donors (Lipinski definition) is 3. The highest BCUT2D eigenvalue weighted by Crippen LogP contribution is 2.30. The number of carbonyl (C=O) groups is 1. The summed E-state index contributed by atoms with van der Waals surface area (Å²) in [5.74, 6) is 0.516. The van der Waals surface area contributed by atoms with Gasteiger partial charge in [-0.05, 0) is 37.8 Å². The third kappa shape index (κ3) is 2.89. The normalized spacial score (nSPS) is 21.1. The summed E-state index contributed by atoms with van der Waals surface area (Å²) in [5.41, 5.74) is 3.48. The predicted molar refractivity (Wildman–Crippen MR) is 92.5 cm³/mol. The zero-order valence-electron chi connectivity index (χ0n) is 14.2. The molecule has 7 heteroatoms. The summed E-state index contributed by atoms with van der Waals surface area (Å²) >= 11 is 0. The molecule has 2 heterocycles. The molecule has 2 aliphatic rings. The standard InChI is InChI=1S/C18H22N4O3/c1-22-14-8-4-5-9-15(14)25-10-13(18(22)24)19-17(23)16-11-6-2-3-7-12(11)20-21-16/h4-5,8-9,13,17,19,23H,2-3,6-7,10H2,1H3,(H,20,21)/t13-,17?/m0/s1. The maximum Gasteiger partial charge on any atom is 0.247 e. The number of amides is 1. The van der Waals surface area contributed by atoms with Crippen LogP contribution in [0.4, 0.5) is 5.69 Å². The molecule has 1 aliphatic heterocycles. The van der Waals surface area contributed by atoms with Gasteiger partial charge in [-0.1, -0.05) is 12.1 Å². The first-order chi connectivity index (χ1) is 12.1. The maximum absolute atomic E-state index is 12.7. The molecule has 0 spiro atoms. The van der Waals surface area contributed by atoms with Gasteiger partial charge in [0.1, 0.15) is 24.1 Å². The summed E-state index contributed by atoms with van der Waals surface area (Å²) in [6.07, 6.45) is 3.08. The van der Waals surface area contributed by atoms with Gasteiger partial charge in [0.25, 0.3) is 0 Å². The number of nitrogens with one attached hydrogen (secondary N) is 2. The summed E-state index contributed by atoms with van der Waals surface area (Å²) in [4.78, 5) is 14.3. The Kier molecular flexibility index (Phi) is 4.19. The molecule has 7 nitrogen and oxygen atoms in total.